The Bertz CT molecular complexity index is 302. The summed E-state index contributed by atoms with van der Waals surface area (Å²) in [6, 6.07) is 0.0682. The van der Waals surface area contributed by atoms with Gasteiger partial charge in [-0.15, -0.1) is 0 Å². The summed E-state index contributed by atoms with van der Waals surface area (Å²) in [6.45, 7) is 13.2. The molecule has 0 radical (unpaired) electrons. The Hall–Kier alpha value is -1.24. The van der Waals surface area contributed by atoms with Crippen molar-refractivity contribution in [2.75, 3.05) is 6.54 Å². The summed E-state index contributed by atoms with van der Waals surface area (Å²) in [5.74, 6) is 0.286. The zero-order valence-electron chi connectivity index (χ0n) is 11.0. The summed E-state index contributed by atoms with van der Waals surface area (Å²) in [7, 11) is 0. The number of ether oxygens (including phenoxy) is 1. The van der Waals surface area contributed by atoms with Gasteiger partial charge in [-0.3, -0.25) is 0 Å². The number of hydrogen-bond donors (Lipinski definition) is 1. The Kier molecular flexibility index (Phi) is 4.80. The smallest absolute Gasteiger partial charge is 0.407 e. The van der Waals surface area contributed by atoms with Gasteiger partial charge in [0.25, 0.3) is 0 Å². The third kappa shape index (κ3) is 5.08. The minimum atomic E-state index is -0.462. The molecule has 1 amide bonds. The van der Waals surface area contributed by atoms with E-state index in [1.807, 2.05) is 20.8 Å². The van der Waals surface area contributed by atoms with Crippen molar-refractivity contribution >= 4 is 6.09 Å². The van der Waals surface area contributed by atoms with Crippen LogP contribution in [0.5, 0.6) is 0 Å². The summed E-state index contributed by atoms with van der Waals surface area (Å²) in [4.78, 5) is 15.1. The largest absolute Gasteiger partial charge is 0.444 e. The van der Waals surface area contributed by atoms with E-state index in [9.17, 15) is 4.79 Å². The van der Waals surface area contributed by atoms with Crippen molar-refractivity contribution in [3.8, 4) is 0 Å². The fourth-order valence-corrected chi connectivity index (χ4v) is 2.12. The highest BCUT2D eigenvalue weighted by Crippen LogP contribution is 2.26. The SMILES string of the molecule is [C-]#[N+][C@H]1CCCC[C@H]1CNC(=O)OC(C)(C)C. The normalized spacial score (nSPS) is 24.8. The third-order valence-corrected chi connectivity index (χ3v) is 2.94. The van der Waals surface area contributed by atoms with Gasteiger partial charge in [-0.05, 0) is 33.6 Å². The van der Waals surface area contributed by atoms with Crippen LogP contribution in [0.2, 0.25) is 0 Å². The van der Waals surface area contributed by atoms with E-state index in [0.717, 1.165) is 25.7 Å². The van der Waals surface area contributed by atoms with Crippen LogP contribution in [0.1, 0.15) is 46.5 Å². The van der Waals surface area contributed by atoms with Gasteiger partial charge < -0.3 is 14.9 Å². The van der Waals surface area contributed by atoms with Crippen molar-refractivity contribution in [3.05, 3.63) is 11.4 Å². The van der Waals surface area contributed by atoms with E-state index in [1.54, 1.807) is 0 Å². The molecule has 4 heteroatoms. The highest BCUT2D eigenvalue weighted by atomic mass is 16.6. The average Bonchev–Trinajstić information content (AvgIpc) is 2.24. The lowest BCUT2D eigenvalue weighted by Crippen LogP contribution is -2.38. The molecule has 17 heavy (non-hydrogen) atoms. The fourth-order valence-electron chi connectivity index (χ4n) is 2.12. The van der Waals surface area contributed by atoms with Gasteiger partial charge in [-0.1, -0.05) is 6.42 Å². The molecule has 1 aliphatic rings. The van der Waals surface area contributed by atoms with E-state index < -0.39 is 5.60 Å². The van der Waals surface area contributed by atoms with Crippen LogP contribution in [0.15, 0.2) is 0 Å². The molecule has 1 aliphatic carbocycles. The number of nitrogens with one attached hydrogen (secondary N) is 1. The van der Waals surface area contributed by atoms with E-state index in [1.165, 1.54) is 0 Å². The van der Waals surface area contributed by atoms with E-state index in [-0.39, 0.29) is 18.1 Å². The monoisotopic (exact) mass is 238 g/mol. The molecular formula is C13H22N2O2. The molecule has 0 aromatic carbocycles. The topological polar surface area (TPSA) is 42.7 Å². The second kappa shape index (κ2) is 5.90. The maximum Gasteiger partial charge on any atom is 0.407 e. The molecule has 1 fully saturated rings. The van der Waals surface area contributed by atoms with Gasteiger partial charge in [-0.25, -0.2) is 11.4 Å². The standard InChI is InChI=1S/C13H22N2O2/c1-13(2,3)17-12(16)15-9-10-7-5-6-8-11(10)14-4/h10-11H,5-9H2,1-3H3,(H,15,16)/t10-,11-/m0/s1. The predicted octanol–water partition coefficient (Wildman–Crippen LogP) is 2.99. The first kappa shape index (κ1) is 13.8. The zero-order valence-corrected chi connectivity index (χ0v) is 11.0. The number of rotatable bonds is 2. The molecule has 1 N–H and O–H groups in total. The molecule has 1 rings (SSSR count). The van der Waals surface area contributed by atoms with Crippen LogP contribution in [-0.4, -0.2) is 24.3 Å². The summed E-state index contributed by atoms with van der Waals surface area (Å²) in [5.41, 5.74) is -0.462. The van der Waals surface area contributed by atoms with Crippen LogP contribution in [-0.2, 0) is 4.74 Å². The quantitative estimate of drug-likeness (QED) is 0.751. The second-order valence-corrected chi connectivity index (χ2v) is 5.62. The highest BCUT2D eigenvalue weighted by molar-refractivity contribution is 5.67. The number of amides is 1. The Balaban J connectivity index is 2.34. The van der Waals surface area contributed by atoms with Crippen LogP contribution in [0.25, 0.3) is 4.85 Å². The first-order valence-corrected chi connectivity index (χ1v) is 6.26. The lowest BCUT2D eigenvalue weighted by Gasteiger charge is -2.25. The van der Waals surface area contributed by atoms with Crippen molar-refractivity contribution in [2.45, 2.75) is 58.1 Å². The van der Waals surface area contributed by atoms with Crippen molar-refractivity contribution in [3.63, 3.8) is 0 Å². The molecule has 0 unspecified atom stereocenters. The van der Waals surface area contributed by atoms with Crippen LogP contribution in [0.3, 0.4) is 0 Å². The van der Waals surface area contributed by atoms with Gasteiger partial charge >= 0.3 is 6.09 Å². The third-order valence-electron chi connectivity index (χ3n) is 2.94. The van der Waals surface area contributed by atoms with Gasteiger partial charge in [0.1, 0.15) is 5.60 Å². The minimum Gasteiger partial charge on any atom is -0.444 e. The molecule has 0 aromatic rings. The van der Waals surface area contributed by atoms with Crippen molar-refractivity contribution < 1.29 is 9.53 Å². The van der Waals surface area contributed by atoms with Gasteiger partial charge in [0, 0.05) is 13.0 Å². The van der Waals surface area contributed by atoms with E-state index in [4.69, 9.17) is 11.3 Å². The minimum absolute atomic E-state index is 0.0682. The summed E-state index contributed by atoms with van der Waals surface area (Å²) in [5, 5.41) is 2.77. The van der Waals surface area contributed by atoms with Crippen molar-refractivity contribution in [2.24, 2.45) is 5.92 Å². The van der Waals surface area contributed by atoms with Crippen LogP contribution < -0.4 is 5.32 Å². The first-order chi connectivity index (χ1) is 7.92. The maximum atomic E-state index is 11.5. The Morgan fingerprint density at radius 1 is 1.41 bits per heavy atom. The van der Waals surface area contributed by atoms with E-state index in [2.05, 4.69) is 10.2 Å². The number of carbonyl (C=O) groups excluding carboxylic acids is 1. The van der Waals surface area contributed by atoms with Gasteiger partial charge in [-0.2, -0.15) is 0 Å². The molecule has 0 spiro atoms. The van der Waals surface area contributed by atoms with Crippen molar-refractivity contribution in [1.29, 1.82) is 0 Å². The molecule has 0 bridgehead atoms. The lowest BCUT2D eigenvalue weighted by molar-refractivity contribution is 0.0514. The van der Waals surface area contributed by atoms with Gasteiger partial charge in [0.2, 0.25) is 6.04 Å². The fraction of sp³-hybridized carbons (Fsp3) is 0.846. The molecule has 0 aliphatic heterocycles. The molecule has 0 saturated heterocycles. The summed E-state index contributed by atoms with van der Waals surface area (Å²) >= 11 is 0. The predicted molar refractivity (Wildman–Crippen MR) is 66.6 cm³/mol. The number of alkyl carbamates (subject to hydrolysis) is 1. The highest BCUT2D eigenvalue weighted by Gasteiger charge is 2.30. The van der Waals surface area contributed by atoms with Gasteiger partial charge in [0.05, 0.1) is 5.92 Å². The maximum absolute atomic E-state index is 11.5. The Morgan fingerprint density at radius 2 is 2.06 bits per heavy atom. The second-order valence-electron chi connectivity index (χ2n) is 5.62. The molecule has 4 nitrogen and oxygen atoms in total. The first-order valence-electron chi connectivity index (χ1n) is 6.26. The van der Waals surface area contributed by atoms with Crippen LogP contribution in [0.4, 0.5) is 4.79 Å². The number of nitrogens with zero attached hydrogens (tertiary/aromatic N) is 1. The summed E-state index contributed by atoms with van der Waals surface area (Å²) < 4.78 is 5.17. The molecule has 96 valence electrons. The van der Waals surface area contributed by atoms with Crippen LogP contribution in [0, 0.1) is 12.5 Å². The molecular weight excluding hydrogens is 216 g/mol. The van der Waals surface area contributed by atoms with Gasteiger partial charge in [0.15, 0.2) is 0 Å². The van der Waals surface area contributed by atoms with E-state index >= 15 is 0 Å². The zero-order chi connectivity index (χ0) is 12.9. The molecule has 0 heterocycles. The Labute approximate surface area is 104 Å². The summed E-state index contributed by atoms with van der Waals surface area (Å²) in [6.07, 6.45) is 3.90. The molecule has 0 aromatic heterocycles. The molecule has 2 atom stereocenters. The number of hydrogen-bond acceptors (Lipinski definition) is 2. The average molecular weight is 238 g/mol. The Morgan fingerprint density at radius 3 is 2.65 bits per heavy atom. The van der Waals surface area contributed by atoms with E-state index in [0.29, 0.717) is 6.54 Å². The number of carbonyl (C=O) groups is 1. The lowest BCUT2D eigenvalue weighted by atomic mass is 9.85. The molecule has 1 saturated carbocycles. The van der Waals surface area contributed by atoms with Crippen molar-refractivity contribution in [1.82, 2.24) is 5.32 Å². The van der Waals surface area contributed by atoms with Crippen LogP contribution >= 0.6 is 0 Å².